The zero-order valence-electron chi connectivity index (χ0n) is 13.1. The lowest BCUT2D eigenvalue weighted by Gasteiger charge is -2.36. The smallest absolute Gasteiger partial charge is 0.227 e. The van der Waals surface area contributed by atoms with Crippen LogP contribution in [0.4, 0.5) is 5.69 Å². The zero-order chi connectivity index (χ0) is 17.1. The third-order valence-electron chi connectivity index (χ3n) is 4.24. The maximum Gasteiger partial charge on any atom is 0.227 e. The van der Waals surface area contributed by atoms with Crippen molar-refractivity contribution in [2.45, 2.75) is 6.42 Å². The van der Waals surface area contributed by atoms with Gasteiger partial charge in [0.25, 0.3) is 0 Å². The van der Waals surface area contributed by atoms with Gasteiger partial charge in [-0.1, -0.05) is 41.4 Å². The van der Waals surface area contributed by atoms with Crippen molar-refractivity contribution in [2.24, 2.45) is 0 Å². The molecule has 126 valence electrons. The van der Waals surface area contributed by atoms with Crippen LogP contribution >= 0.6 is 23.2 Å². The molecule has 0 aliphatic carbocycles. The first-order chi connectivity index (χ1) is 11.6. The van der Waals surface area contributed by atoms with E-state index in [9.17, 15) is 9.90 Å². The lowest BCUT2D eigenvalue weighted by atomic mass is 10.1. The van der Waals surface area contributed by atoms with Gasteiger partial charge < -0.3 is 14.9 Å². The molecule has 2 aromatic carbocycles. The van der Waals surface area contributed by atoms with Crippen LogP contribution in [0.3, 0.4) is 0 Å². The Hall–Kier alpha value is -1.91. The number of aromatic hydroxyl groups is 1. The maximum absolute atomic E-state index is 12.5. The average molecular weight is 365 g/mol. The summed E-state index contributed by atoms with van der Waals surface area (Å²) in [5, 5.41) is 11.0. The molecule has 1 aliphatic heterocycles. The van der Waals surface area contributed by atoms with Crippen molar-refractivity contribution in [1.82, 2.24) is 4.90 Å². The van der Waals surface area contributed by atoms with Crippen LogP contribution in [0, 0.1) is 0 Å². The molecule has 1 aliphatic rings. The highest BCUT2D eigenvalue weighted by molar-refractivity contribution is 6.36. The molecule has 4 nitrogen and oxygen atoms in total. The Bertz CT molecular complexity index is 723. The molecule has 1 N–H and O–H groups in total. The van der Waals surface area contributed by atoms with Gasteiger partial charge in [0.2, 0.25) is 5.91 Å². The minimum atomic E-state index is 0.0157. The van der Waals surface area contributed by atoms with Crippen molar-refractivity contribution in [3.8, 4) is 5.75 Å². The second-order valence-electron chi connectivity index (χ2n) is 5.73. The molecule has 1 amide bonds. The molecule has 0 bridgehead atoms. The highest BCUT2D eigenvalue weighted by Crippen LogP contribution is 2.28. The summed E-state index contributed by atoms with van der Waals surface area (Å²) in [6.07, 6.45) is 0.203. The van der Waals surface area contributed by atoms with E-state index in [1.165, 1.54) is 0 Å². The molecule has 0 atom stereocenters. The summed E-state index contributed by atoms with van der Waals surface area (Å²) in [5.41, 5.74) is 1.48. The van der Waals surface area contributed by atoms with E-state index in [0.717, 1.165) is 5.69 Å². The van der Waals surface area contributed by atoms with E-state index in [4.69, 9.17) is 23.2 Å². The summed E-state index contributed by atoms with van der Waals surface area (Å²) in [6.45, 7) is 2.57. The van der Waals surface area contributed by atoms with Crippen molar-refractivity contribution < 1.29 is 9.90 Å². The van der Waals surface area contributed by atoms with Crippen molar-refractivity contribution in [3.05, 3.63) is 58.1 Å². The fraction of sp³-hybridized carbons (Fsp3) is 0.278. The van der Waals surface area contributed by atoms with E-state index in [1.807, 2.05) is 17.0 Å². The second-order valence-corrected chi connectivity index (χ2v) is 6.55. The van der Waals surface area contributed by atoms with E-state index in [0.29, 0.717) is 41.8 Å². The summed E-state index contributed by atoms with van der Waals surface area (Å²) in [6, 6.07) is 12.5. The molecule has 1 heterocycles. The van der Waals surface area contributed by atoms with Crippen LogP contribution in [0.5, 0.6) is 5.75 Å². The Kier molecular flexibility index (Phi) is 5.17. The number of rotatable bonds is 3. The quantitative estimate of drug-likeness (QED) is 0.904. The van der Waals surface area contributed by atoms with Gasteiger partial charge in [-0.15, -0.1) is 0 Å². The van der Waals surface area contributed by atoms with Crippen molar-refractivity contribution >= 4 is 34.8 Å². The number of benzene rings is 2. The Morgan fingerprint density at radius 3 is 2.21 bits per heavy atom. The number of para-hydroxylation sites is 2. The molecule has 6 heteroatoms. The standard InChI is InChI=1S/C18H18Cl2N2O2/c19-14-4-3-5-15(20)13(14)12-18(24)22-10-8-21(9-11-22)16-6-1-2-7-17(16)23/h1-7,23H,8-12H2. The molecule has 3 rings (SSSR count). The highest BCUT2D eigenvalue weighted by atomic mass is 35.5. The Balaban J connectivity index is 1.62. The highest BCUT2D eigenvalue weighted by Gasteiger charge is 2.23. The van der Waals surface area contributed by atoms with Crippen LogP contribution in [0.15, 0.2) is 42.5 Å². The minimum absolute atomic E-state index is 0.0157. The lowest BCUT2D eigenvalue weighted by molar-refractivity contribution is -0.130. The fourth-order valence-corrected chi connectivity index (χ4v) is 3.42. The van der Waals surface area contributed by atoms with Crippen molar-refractivity contribution in [3.63, 3.8) is 0 Å². The Morgan fingerprint density at radius 1 is 0.958 bits per heavy atom. The summed E-state index contributed by atoms with van der Waals surface area (Å²) in [7, 11) is 0. The number of halogens is 2. The van der Waals surface area contributed by atoms with Crippen LogP contribution in [-0.2, 0) is 11.2 Å². The Morgan fingerprint density at radius 2 is 1.58 bits per heavy atom. The topological polar surface area (TPSA) is 43.8 Å². The predicted molar refractivity (Wildman–Crippen MR) is 97.1 cm³/mol. The van der Waals surface area contributed by atoms with Gasteiger partial charge in [-0.2, -0.15) is 0 Å². The number of piperazine rings is 1. The molecule has 24 heavy (non-hydrogen) atoms. The van der Waals surface area contributed by atoms with Gasteiger partial charge in [-0.25, -0.2) is 0 Å². The molecular weight excluding hydrogens is 347 g/mol. The van der Waals surface area contributed by atoms with E-state index in [-0.39, 0.29) is 18.1 Å². The van der Waals surface area contributed by atoms with Gasteiger partial charge in [0.1, 0.15) is 5.75 Å². The average Bonchev–Trinajstić information content (AvgIpc) is 2.59. The van der Waals surface area contributed by atoms with Crippen LogP contribution in [0.2, 0.25) is 10.0 Å². The number of hydrogen-bond acceptors (Lipinski definition) is 3. The first-order valence-electron chi connectivity index (χ1n) is 7.80. The number of phenols is 1. The van der Waals surface area contributed by atoms with Crippen LogP contribution in [0.1, 0.15) is 5.56 Å². The van der Waals surface area contributed by atoms with Crippen LogP contribution in [0.25, 0.3) is 0 Å². The summed E-state index contributed by atoms with van der Waals surface area (Å²) in [4.78, 5) is 16.4. The molecule has 0 saturated carbocycles. The number of phenolic OH excluding ortho intramolecular Hbond substituents is 1. The summed E-state index contributed by atoms with van der Waals surface area (Å²) >= 11 is 12.3. The SMILES string of the molecule is O=C(Cc1c(Cl)cccc1Cl)N1CCN(c2ccccc2O)CC1. The van der Waals surface area contributed by atoms with Gasteiger partial charge in [0.15, 0.2) is 0 Å². The van der Waals surface area contributed by atoms with E-state index in [2.05, 4.69) is 4.90 Å². The van der Waals surface area contributed by atoms with E-state index in [1.54, 1.807) is 30.3 Å². The predicted octanol–water partition coefficient (Wildman–Crippen LogP) is 3.59. The molecule has 0 radical (unpaired) electrons. The number of anilines is 1. The van der Waals surface area contributed by atoms with Crippen LogP contribution < -0.4 is 4.90 Å². The normalized spacial score (nSPS) is 14.8. The minimum Gasteiger partial charge on any atom is -0.506 e. The third-order valence-corrected chi connectivity index (χ3v) is 4.95. The molecule has 2 aromatic rings. The summed E-state index contributed by atoms with van der Waals surface area (Å²) in [5.74, 6) is 0.280. The zero-order valence-corrected chi connectivity index (χ0v) is 14.6. The monoisotopic (exact) mass is 364 g/mol. The molecule has 0 aromatic heterocycles. The number of hydrogen-bond donors (Lipinski definition) is 1. The molecule has 0 unspecified atom stereocenters. The summed E-state index contributed by atoms with van der Waals surface area (Å²) < 4.78 is 0. The van der Waals surface area contributed by atoms with Gasteiger partial charge in [0.05, 0.1) is 12.1 Å². The lowest BCUT2D eigenvalue weighted by Crippen LogP contribution is -2.49. The van der Waals surface area contributed by atoms with E-state index < -0.39 is 0 Å². The van der Waals surface area contributed by atoms with Gasteiger partial charge in [0, 0.05) is 36.2 Å². The maximum atomic E-state index is 12.5. The van der Waals surface area contributed by atoms with Gasteiger partial charge in [-0.05, 0) is 29.8 Å². The van der Waals surface area contributed by atoms with Crippen LogP contribution in [-0.4, -0.2) is 42.1 Å². The number of carbonyl (C=O) groups excluding carboxylic acids is 1. The van der Waals surface area contributed by atoms with Gasteiger partial charge >= 0.3 is 0 Å². The van der Waals surface area contributed by atoms with Crippen molar-refractivity contribution in [1.29, 1.82) is 0 Å². The first kappa shape index (κ1) is 16.9. The molecule has 1 fully saturated rings. The fourth-order valence-electron chi connectivity index (χ4n) is 2.89. The van der Waals surface area contributed by atoms with E-state index >= 15 is 0 Å². The third kappa shape index (κ3) is 3.60. The second kappa shape index (κ2) is 7.32. The number of carbonyl (C=O) groups is 1. The van der Waals surface area contributed by atoms with Crippen molar-refractivity contribution in [2.75, 3.05) is 31.1 Å². The Labute approximate surface area is 151 Å². The largest absolute Gasteiger partial charge is 0.506 e. The molecule has 1 saturated heterocycles. The number of amides is 1. The van der Waals surface area contributed by atoms with Gasteiger partial charge in [-0.3, -0.25) is 4.79 Å². The molecule has 0 spiro atoms. The number of nitrogens with zero attached hydrogens (tertiary/aromatic N) is 2. The first-order valence-corrected chi connectivity index (χ1v) is 8.55. The molecular formula is C18H18Cl2N2O2.